The van der Waals surface area contributed by atoms with Crippen LogP contribution in [0.15, 0.2) is 0 Å². The van der Waals surface area contributed by atoms with Gasteiger partial charge in [-0.05, 0) is 0 Å². The number of nitrogens with zero attached hydrogens (tertiary/aromatic N) is 1. The molecule has 1 aliphatic carbocycles. The molecular weight excluding hydrogens is 342 g/mol. The Kier molecular flexibility index (Phi) is 8.79. The third-order valence-corrected chi connectivity index (χ3v) is 6.04. The van der Waals surface area contributed by atoms with Crippen molar-refractivity contribution in [3.05, 3.63) is 0 Å². The van der Waals surface area contributed by atoms with Crippen LogP contribution in [-0.4, -0.2) is 91.7 Å². The quantitative estimate of drug-likeness (QED) is 0.579. The standard InChI is InChI=1S/C15H28N3O2.Sr.H/c1-5-9-18(10-8-16-12(2)19)11-14-6-7-15(14,4)17-13(3)20;;/h14H,2,5-11H2,1,3-4H3,(H,16,19)(H,17,20);;/t14?,15-;;/m0../s1. The number of nitrogens with one attached hydrogen (secondary N) is 2. The van der Waals surface area contributed by atoms with Gasteiger partial charge in [0.1, 0.15) is 0 Å². The van der Waals surface area contributed by atoms with E-state index in [9.17, 15) is 9.59 Å². The van der Waals surface area contributed by atoms with Crippen molar-refractivity contribution in [2.75, 3.05) is 26.2 Å². The molecule has 0 aromatic carbocycles. The Morgan fingerprint density at radius 1 is 1.38 bits per heavy atom. The van der Waals surface area contributed by atoms with E-state index in [0.29, 0.717) is 49.2 Å². The summed E-state index contributed by atoms with van der Waals surface area (Å²) in [5.74, 6) is 0.783. The average molecular weight is 371 g/mol. The van der Waals surface area contributed by atoms with Crippen LogP contribution in [0.3, 0.4) is 0 Å². The normalized spacial score (nSPS) is 24.4. The van der Waals surface area contributed by atoms with Gasteiger partial charge in [0.15, 0.2) is 0 Å². The van der Waals surface area contributed by atoms with Crippen LogP contribution in [0.25, 0.3) is 0 Å². The summed E-state index contributed by atoms with van der Waals surface area (Å²) in [6, 6.07) is 0. The van der Waals surface area contributed by atoms with Gasteiger partial charge in [0, 0.05) is 0 Å². The zero-order valence-corrected chi connectivity index (χ0v) is 18.9. The molecule has 0 aliphatic heterocycles. The number of carbonyl (C=O) groups is 2. The zero-order valence-electron chi connectivity index (χ0n) is 14.0. The summed E-state index contributed by atoms with van der Waals surface area (Å²) in [5, 5.41) is 6.09. The van der Waals surface area contributed by atoms with E-state index in [1.807, 2.05) is 0 Å². The van der Waals surface area contributed by atoms with Crippen molar-refractivity contribution in [1.82, 2.24) is 15.5 Å². The van der Waals surface area contributed by atoms with Gasteiger partial charge in [-0.2, -0.15) is 0 Å². The molecule has 0 aromatic heterocycles. The predicted molar refractivity (Wildman–Crippen MR) is 86.6 cm³/mol. The molecular formula is C15H29N3O2Sr. The zero-order chi connectivity index (χ0) is 15.9. The van der Waals surface area contributed by atoms with Gasteiger partial charge in [-0.1, -0.05) is 0 Å². The second-order valence-electron chi connectivity index (χ2n) is 6.34. The van der Waals surface area contributed by atoms with Crippen molar-refractivity contribution >= 4 is 55.1 Å². The SMILES string of the molecule is CCCN(CCNC(=O)[CH2][SrH])CC1CC[C@]1(C)NC(C)=O. The molecule has 0 spiro atoms. The van der Waals surface area contributed by atoms with Crippen LogP contribution in [0.1, 0.15) is 40.0 Å². The van der Waals surface area contributed by atoms with Gasteiger partial charge in [0.25, 0.3) is 0 Å². The van der Waals surface area contributed by atoms with Gasteiger partial charge in [-0.25, -0.2) is 0 Å². The fraction of sp³-hybridized carbons (Fsp3) is 0.867. The van der Waals surface area contributed by atoms with E-state index >= 15 is 0 Å². The molecule has 5 nitrogen and oxygen atoms in total. The van der Waals surface area contributed by atoms with Gasteiger partial charge < -0.3 is 0 Å². The Balaban J connectivity index is 2.43. The van der Waals surface area contributed by atoms with Gasteiger partial charge in [0.05, 0.1) is 0 Å². The minimum absolute atomic E-state index is 0.0427. The molecule has 1 aliphatic rings. The number of rotatable bonds is 9. The van der Waals surface area contributed by atoms with E-state index in [-0.39, 0.29) is 17.4 Å². The molecule has 1 fully saturated rings. The van der Waals surface area contributed by atoms with Crippen molar-refractivity contribution in [2.24, 2.45) is 5.92 Å². The van der Waals surface area contributed by atoms with Crippen molar-refractivity contribution < 1.29 is 9.59 Å². The molecule has 0 saturated heterocycles. The van der Waals surface area contributed by atoms with Crippen LogP contribution in [0.2, 0.25) is 1.39 Å². The van der Waals surface area contributed by atoms with Crippen LogP contribution < -0.4 is 10.6 Å². The maximum atomic E-state index is 11.3. The van der Waals surface area contributed by atoms with Gasteiger partial charge >= 0.3 is 159 Å². The summed E-state index contributed by atoms with van der Waals surface area (Å²) in [6.07, 6.45) is 3.35. The molecule has 2 atom stereocenters. The first-order valence-corrected chi connectivity index (χ1v) is 11.7. The predicted octanol–water partition coefficient (Wildman–Crippen LogP) is 0.439. The van der Waals surface area contributed by atoms with E-state index in [1.165, 1.54) is 6.42 Å². The third-order valence-electron chi connectivity index (χ3n) is 4.46. The summed E-state index contributed by atoms with van der Waals surface area (Å²) >= 11 is 0.436. The van der Waals surface area contributed by atoms with Crippen LogP contribution in [0, 0.1) is 5.92 Å². The molecule has 1 saturated carbocycles. The molecule has 0 heterocycles. The molecule has 21 heavy (non-hydrogen) atoms. The molecule has 2 N–H and O–H groups in total. The summed E-state index contributed by atoms with van der Waals surface area (Å²) in [4.78, 5) is 25.1. The van der Waals surface area contributed by atoms with Crippen molar-refractivity contribution in [3.63, 3.8) is 0 Å². The minimum atomic E-state index is -0.0427. The van der Waals surface area contributed by atoms with Gasteiger partial charge in [-0.15, -0.1) is 0 Å². The Morgan fingerprint density at radius 2 is 2.10 bits per heavy atom. The number of amides is 2. The van der Waals surface area contributed by atoms with Crippen molar-refractivity contribution in [3.8, 4) is 0 Å². The fourth-order valence-corrected chi connectivity index (χ4v) is 3.66. The third kappa shape index (κ3) is 6.57. The van der Waals surface area contributed by atoms with Gasteiger partial charge in [-0.3, -0.25) is 0 Å². The molecule has 0 aromatic rings. The first kappa shape index (κ1) is 19.4. The van der Waals surface area contributed by atoms with E-state index in [1.54, 1.807) is 6.92 Å². The first-order valence-electron chi connectivity index (χ1n) is 8.19. The van der Waals surface area contributed by atoms with Crippen molar-refractivity contribution in [2.45, 2.75) is 47.0 Å². The molecule has 2 amide bonds. The first-order chi connectivity index (χ1) is 9.91. The fourth-order valence-electron chi connectivity index (χ4n) is 3.04. The van der Waals surface area contributed by atoms with E-state index in [4.69, 9.17) is 0 Å². The van der Waals surface area contributed by atoms with Crippen LogP contribution in [-0.2, 0) is 9.59 Å². The molecule has 0 bridgehead atoms. The second kappa shape index (κ2) is 9.50. The summed E-state index contributed by atoms with van der Waals surface area (Å²) < 4.78 is 0.749. The Morgan fingerprint density at radius 3 is 2.57 bits per heavy atom. The summed E-state index contributed by atoms with van der Waals surface area (Å²) in [6.45, 7) is 9.62. The number of hydrogen-bond donors (Lipinski definition) is 2. The second-order valence-corrected chi connectivity index (χ2v) is 8.08. The number of carbonyl (C=O) groups excluding carboxylic acids is 2. The maximum absolute atomic E-state index is 11.3. The topological polar surface area (TPSA) is 61.4 Å². The van der Waals surface area contributed by atoms with Crippen LogP contribution in [0.4, 0.5) is 0 Å². The average Bonchev–Trinajstić information content (AvgIpc) is 2.42. The molecule has 6 heteroatoms. The molecule has 118 valence electrons. The van der Waals surface area contributed by atoms with Crippen molar-refractivity contribution in [1.29, 1.82) is 0 Å². The molecule has 1 rings (SSSR count). The Bertz CT molecular complexity index is 365. The summed E-state index contributed by atoms with van der Waals surface area (Å²) in [7, 11) is 0. The van der Waals surface area contributed by atoms with Crippen LogP contribution >= 0.6 is 0 Å². The van der Waals surface area contributed by atoms with Crippen LogP contribution in [0.5, 0.6) is 0 Å². The molecule has 0 radical (unpaired) electrons. The van der Waals surface area contributed by atoms with E-state index in [0.717, 1.165) is 40.4 Å². The van der Waals surface area contributed by atoms with E-state index in [2.05, 4.69) is 29.4 Å². The molecule has 1 unspecified atom stereocenters. The Hall–Kier alpha value is 0.381. The van der Waals surface area contributed by atoms with E-state index < -0.39 is 0 Å². The number of hydrogen-bond acceptors (Lipinski definition) is 3. The Labute approximate surface area is 158 Å². The van der Waals surface area contributed by atoms with Gasteiger partial charge in [0.2, 0.25) is 0 Å². The summed E-state index contributed by atoms with van der Waals surface area (Å²) in [5.41, 5.74) is -0.0427. The monoisotopic (exact) mass is 371 g/mol.